The van der Waals surface area contributed by atoms with E-state index < -0.39 is 18.0 Å². The van der Waals surface area contributed by atoms with Gasteiger partial charge >= 0.3 is 0 Å². The Balaban J connectivity index is 2.10. The number of aliphatic hydroxyl groups excluding tert-OH is 1. The highest BCUT2D eigenvalue weighted by Gasteiger charge is 2.40. The SMILES string of the molecule is COc1ccc([C@@H]2Oc3cc(OC)cc(OC)c3C(=O)[C@H]2O)c(OC)c1. The van der Waals surface area contributed by atoms with Crippen molar-refractivity contribution in [1.82, 2.24) is 0 Å². The summed E-state index contributed by atoms with van der Waals surface area (Å²) in [7, 11) is 5.98. The Morgan fingerprint density at radius 2 is 1.54 bits per heavy atom. The number of hydrogen-bond acceptors (Lipinski definition) is 7. The lowest BCUT2D eigenvalue weighted by atomic mass is 9.92. The van der Waals surface area contributed by atoms with Gasteiger partial charge in [-0.05, 0) is 12.1 Å². The Labute approximate surface area is 151 Å². The third-order valence-electron chi connectivity index (χ3n) is 4.30. The van der Waals surface area contributed by atoms with Gasteiger partial charge < -0.3 is 28.8 Å². The molecule has 0 fully saturated rings. The lowest BCUT2D eigenvalue weighted by Crippen LogP contribution is -2.36. The molecule has 0 unspecified atom stereocenters. The predicted molar refractivity (Wildman–Crippen MR) is 92.8 cm³/mol. The standard InChI is InChI=1S/C19H20O7/c1-22-10-5-6-12(13(7-10)24-3)19-18(21)17(20)16-14(25-4)8-11(23-2)9-15(16)26-19/h5-9,18-19,21H,1-4H3/t18-,19+/m1/s1. The van der Waals surface area contributed by atoms with Crippen LogP contribution in [0.25, 0.3) is 0 Å². The van der Waals surface area contributed by atoms with Gasteiger partial charge in [0.05, 0.1) is 28.4 Å². The fourth-order valence-electron chi connectivity index (χ4n) is 2.95. The lowest BCUT2D eigenvalue weighted by molar-refractivity contribution is 0.0202. The van der Waals surface area contributed by atoms with Crippen LogP contribution in [0.1, 0.15) is 22.0 Å². The van der Waals surface area contributed by atoms with E-state index in [0.717, 1.165) is 0 Å². The zero-order chi connectivity index (χ0) is 18.8. The Morgan fingerprint density at radius 1 is 0.885 bits per heavy atom. The Hall–Kier alpha value is -2.93. The highest BCUT2D eigenvalue weighted by Crippen LogP contribution is 2.44. The Kier molecular flexibility index (Phi) is 4.90. The van der Waals surface area contributed by atoms with Crippen molar-refractivity contribution in [2.75, 3.05) is 28.4 Å². The molecule has 2 atom stereocenters. The number of ether oxygens (including phenoxy) is 5. The number of rotatable bonds is 5. The maximum absolute atomic E-state index is 12.8. The van der Waals surface area contributed by atoms with Crippen LogP contribution in [0.15, 0.2) is 30.3 Å². The van der Waals surface area contributed by atoms with E-state index in [0.29, 0.717) is 22.8 Å². The molecule has 0 saturated carbocycles. The van der Waals surface area contributed by atoms with Crippen LogP contribution in [0.4, 0.5) is 0 Å². The van der Waals surface area contributed by atoms with Crippen LogP contribution in [0, 0.1) is 0 Å². The second-order valence-corrected chi connectivity index (χ2v) is 5.66. The first-order chi connectivity index (χ1) is 12.5. The van der Waals surface area contributed by atoms with Crippen molar-refractivity contribution in [3.63, 3.8) is 0 Å². The number of benzene rings is 2. The number of fused-ring (bicyclic) bond motifs is 1. The summed E-state index contributed by atoms with van der Waals surface area (Å²) in [4.78, 5) is 12.8. The second-order valence-electron chi connectivity index (χ2n) is 5.66. The molecule has 1 aliphatic heterocycles. The molecule has 7 heteroatoms. The smallest absolute Gasteiger partial charge is 0.202 e. The van der Waals surface area contributed by atoms with Crippen LogP contribution in [0.2, 0.25) is 0 Å². The van der Waals surface area contributed by atoms with Gasteiger partial charge in [0.2, 0.25) is 5.78 Å². The van der Waals surface area contributed by atoms with E-state index in [-0.39, 0.29) is 17.1 Å². The molecule has 1 N–H and O–H groups in total. The topological polar surface area (TPSA) is 83.5 Å². The molecule has 138 valence electrons. The summed E-state index contributed by atoms with van der Waals surface area (Å²) in [5.74, 6) is 1.58. The maximum Gasteiger partial charge on any atom is 0.202 e. The molecule has 0 amide bonds. The van der Waals surface area contributed by atoms with Gasteiger partial charge in [0.25, 0.3) is 0 Å². The van der Waals surface area contributed by atoms with Crippen LogP contribution in [-0.2, 0) is 0 Å². The number of carbonyl (C=O) groups is 1. The highest BCUT2D eigenvalue weighted by atomic mass is 16.5. The molecule has 2 aromatic carbocycles. The zero-order valence-electron chi connectivity index (χ0n) is 14.9. The second kappa shape index (κ2) is 7.13. The van der Waals surface area contributed by atoms with Crippen molar-refractivity contribution >= 4 is 5.78 Å². The summed E-state index contributed by atoms with van der Waals surface area (Å²) in [6.07, 6.45) is -2.35. The zero-order valence-corrected chi connectivity index (χ0v) is 14.9. The van der Waals surface area contributed by atoms with Gasteiger partial charge in [-0.25, -0.2) is 0 Å². The monoisotopic (exact) mass is 360 g/mol. The third kappa shape index (κ3) is 2.90. The fourth-order valence-corrected chi connectivity index (χ4v) is 2.95. The van der Waals surface area contributed by atoms with Crippen molar-refractivity contribution in [3.8, 4) is 28.7 Å². The van der Waals surface area contributed by atoms with E-state index in [1.54, 1.807) is 37.4 Å². The van der Waals surface area contributed by atoms with E-state index >= 15 is 0 Å². The molecule has 0 bridgehead atoms. The highest BCUT2D eigenvalue weighted by molar-refractivity contribution is 6.05. The molecule has 0 aliphatic carbocycles. The number of aliphatic hydroxyl groups is 1. The predicted octanol–water partition coefficient (Wildman–Crippen LogP) is 2.40. The average molecular weight is 360 g/mol. The molecule has 3 rings (SSSR count). The molecule has 1 aliphatic rings. The first kappa shape index (κ1) is 17.9. The third-order valence-corrected chi connectivity index (χ3v) is 4.30. The molecular weight excluding hydrogens is 340 g/mol. The first-order valence-corrected chi connectivity index (χ1v) is 7.91. The van der Waals surface area contributed by atoms with Crippen LogP contribution >= 0.6 is 0 Å². The first-order valence-electron chi connectivity index (χ1n) is 7.91. The van der Waals surface area contributed by atoms with Crippen LogP contribution in [0.3, 0.4) is 0 Å². The van der Waals surface area contributed by atoms with E-state index in [2.05, 4.69) is 0 Å². The molecular formula is C19H20O7. The van der Waals surface area contributed by atoms with Crippen molar-refractivity contribution in [2.24, 2.45) is 0 Å². The van der Waals surface area contributed by atoms with Gasteiger partial charge in [-0.2, -0.15) is 0 Å². The minimum Gasteiger partial charge on any atom is -0.497 e. The molecule has 1 heterocycles. The van der Waals surface area contributed by atoms with Crippen molar-refractivity contribution in [3.05, 3.63) is 41.5 Å². The van der Waals surface area contributed by atoms with Crippen molar-refractivity contribution in [1.29, 1.82) is 0 Å². The largest absolute Gasteiger partial charge is 0.497 e. The molecule has 7 nitrogen and oxygen atoms in total. The number of ketones is 1. The van der Waals surface area contributed by atoms with Gasteiger partial charge in [-0.15, -0.1) is 0 Å². The number of Topliss-reactive ketones (excluding diaryl/α,β-unsaturated/α-hetero) is 1. The van der Waals surface area contributed by atoms with Crippen molar-refractivity contribution in [2.45, 2.75) is 12.2 Å². The van der Waals surface area contributed by atoms with Crippen LogP contribution in [0.5, 0.6) is 28.7 Å². The van der Waals surface area contributed by atoms with E-state index in [4.69, 9.17) is 23.7 Å². The normalized spacial score (nSPS) is 18.6. The van der Waals surface area contributed by atoms with Crippen LogP contribution in [-0.4, -0.2) is 45.4 Å². The summed E-state index contributed by atoms with van der Waals surface area (Å²) < 4.78 is 27.0. The van der Waals surface area contributed by atoms with Crippen LogP contribution < -0.4 is 23.7 Å². The number of hydrogen-bond donors (Lipinski definition) is 1. The van der Waals surface area contributed by atoms with Gasteiger partial charge in [-0.3, -0.25) is 4.79 Å². The number of methoxy groups -OCH3 is 4. The quantitative estimate of drug-likeness (QED) is 0.876. The summed E-state index contributed by atoms with van der Waals surface area (Å²) in [5, 5.41) is 10.6. The van der Waals surface area contributed by atoms with Gasteiger partial charge in [0.15, 0.2) is 12.2 Å². The molecule has 0 saturated heterocycles. The summed E-state index contributed by atoms with van der Waals surface area (Å²) in [5.41, 5.74) is 0.714. The summed E-state index contributed by atoms with van der Waals surface area (Å²) in [6, 6.07) is 8.23. The molecule has 0 aromatic heterocycles. The summed E-state index contributed by atoms with van der Waals surface area (Å²) >= 11 is 0. The van der Waals surface area contributed by atoms with Gasteiger partial charge in [0, 0.05) is 23.8 Å². The average Bonchev–Trinajstić information content (AvgIpc) is 2.69. The number of carbonyl (C=O) groups excluding carboxylic acids is 1. The lowest BCUT2D eigenvalue weighted by Gasteiger charge is -2.31. The van der Waals surface area contributed by atoms with Gasteiger partial charge in [-0.1, -0.05) is 0 Å². The fraction of sp³-hybridized carbons (Fsp3) is 0.316. The molecule has 0 radical (unpaired) electrons. The van der Waals surface area contributed by atoms with E-state index in [9.17, 15) is 9.90 Å². The van der Waals surface area contributed by atoms with Crippen molar-refractivity contribution < 1.29 is 33.6 Å². The minimum absolute atomic E-state index is 0.185. The maximum atomic E-state index is 12.8. The van der Waals surface area contributed by atoms with E-state index in [1.807, 2.05) is 0 Å². The Bertz CT molecular complexity index is 831. The summed E-state index contributed by atoms with van der Waals surface area (Å²) in [6.45, 7) is 0. The van der Waals surface area contributed by atoms with E-state index in [1.165, 1.54) is 21.3 Å². The van der Waals surface area contributed by atoms with Gasteiger partial charge in [0.1, 0.15) is 34.3 Å². The molecule has 2 aromatic rings. The molecule has 0 spiro atoms. The molecule has 26 heavy (non-hydrogen) atoms. The Morgan fingerprint density at radius 3 is 2.15 bits per heavy atom. The minimum atomic E-state index is -1.41.